The Kier molecular flexibility index (Phi) is 4.19. The van der Waals surface area contributed by atoms with Crippen molar-refractivity contribution < 1.29 is 9.47 Å². The van der Waals surface area contributed by atoms with Crippen LogP contribution in [0.15, 0.2) is 55.1 Å². The average molecular weight is 309 g/mol. The summed E-state index contributed by atoms with van der Waals surface area (Å²) in [4.78, 5) is 12.2. The molecule has 0 amide bonds. The molecule has 2 aromatic heterocycles. The lowest BCUT2D eigenvalue weighted by molar-refractivity contribution is 0.415. The molecular weight excluding hydrogens is 294 g/mol. The number of nitrogens with two attached hydrogens (primary N) is 1. The van der Waals surface area contributed by atoms with Gasteiger partial charge in [0.2, 0.25) is 5.88 Å². The van der Waals surface area contributed by atoms with Crippen molar-refractivity contribution in [3.05, 3.63) is 55.1 Å². The van der Waals surface area contributed by atoms with Crippen LogP contribution in [-0.2, 0) is 0 Å². The van der Waals surface area contributed by atoms with E-state index in [0.717, 1.165) is 11.4 Å². The van der Waals surface area contributed by atoms with Crippen LogP contribution in [0.1, 0.15) is 0 Å². The Hall–Kier alpha value is -3.35. The van der Waals surface area contributed by atoms with Crippen LogP contribution < -0.4 is 20.5 Å². The van der Waals surface area contributed by atoms with Crippen LogP contribution in [-0.4, -0.2) is 22.1 Å². The number of hydrogen-bond donors (Lipinski definition) is 2. The Bertz CT molecular complexity index is 795. The third-order valence-corrected chi connectivity index (χ3v) is 3.03. The van der Waals surface area contributed by atoms with E-state index in [1.165, 1.54) is 6.33 Å². The first kappa shape index (κ1) is 14.6. The second-order valence-electron chi connectivity index (χ2n) is 4.59. The van der Waals surface area contributed by atoms with Crippen LogP contribution in [0.3, 0.4) is 0 Å². The first-order chi connectivity index (χ1) is 11.3. The minimum atomic E-state index is 0.262. The Morgan fingerprint density at radius 2 is 1.96 bits per heavy atom. The molecule has 23 heavy (non-hydrogen) atoms. The fourth-order valence-electron chi connectivity index (χ4n) is 1.92. The smallest absolute Gasteiger partial charge is 0.248 e. The summed E-state index contributed by atoms with van der Waals surface area (Å²) >= 11 is 0. The van der Waals surface area contributed by atoms with Crippen LogP contribution >= 0.6 is 0 Å². The average Bonchev–Trinajstić information content (AvgIpc) is 2.59. The zero-order valence-corrected chi connectivity index (χ0v) is 12.4. The number of nitrogens with zero attached hydrogens (tertiary/aromatic N) is 3. The van der Waals surface area contributed by atoms with Gasteiger partial charge in [-0.05, 0) is 24.3 Å². The first-order valence-corrected chi connectivity index (χ1v) is 6.85. The molecule has 2 heterocycles. The first-order valence-electron chi connectivity index (χ1n) is 6.85. The largest absolute Gasteiger partial charge is 0.497 e. The molecule has 116 valence electrons. The van der Waals surface area contributed by atoms with E-state index in [4.69, 9.17) is 15.2 Å². The van der Waals surface area contributed by atoms with E-state index in [0.29, 0.717) is 17.3 Å². The molecular formula is C16H15N5O2. The number of anilines is 3. The number of methoxy groups -OCH3 is 1. The molecule has 3 aromatic rings. The van der Waals surface area contributed by atoms with E-state index < -0.39 is 0 Å². The number of hydrogen-bond acceptors (Lipinski definition) is 7. The van der Waals surface area contributed by atoms with Gasteiger partial charge in [-0.2, -0.15) is 4.98 Å². The van der Waals surface area contributed by atoms with Gasteiger partial charge in [-0.25, -0.2) is 4.98 Å². The summed E-state index contributed by atoms with van der Waals surface area (Å²) in [5.41, 5.74) is 7.18. The Morgan fingerprint density at radius 3 is 2.74 bits per heavy atom. The lowest BCUT2D eigenvalue weighted by Crippen LogP contribution is -2.03. The van der Waals surface area contributed by atoms with Gasteiger partial charge in [-0.15, -0.1) is 0 Å². The van der Waals surface area contributed by atoms with E-state index in [1.54, 1.807) is 31.6 Å². The summed E-state index contributed by atoms with van der Waals surface area (Å²) in [6.07, 6.45) is 4.62. The maximum Gasteiger partial charge on any atom is 0.248 e. The number of pyridine rings is 1. The molecule has 0 radical (unpaired) electrons. The highest BCUT2D eigenvalue weighted by Crippen LogP contribution is 2.31. The zero-order chi connectivity index (χ0) is 16.1. The lowest BCUT2D eigenvalue weighted by Gasteiger charge is -2.12. The minimum Gasteiger partial charge on any atom is -0.497 e. The third kappa shape index (κ3) is 3.46. The Morgan fingerprint density at radius 1 is 1.09 bits per heavy atom. The van der Waals surface area contributed by atoms with Gasteiger partial charge in [-0.3, -0.25) is 4.98 Å². The quantitative estimate of drug-likeness (QED) is 0.748. The molecule has 0 spiro atoms. The van der Waals surface area contributed by atoms with Crippen molar-refractivity contribution in [2.45, 2.75) is 0 Å². The van der Waals surface area contributed by atoms with Gasteiger partial charge in [0.15, 0.2) is 5.82 Å². The molecule has 1 aromatic carbocycles. The van der Waals surface area contributed by atoms with Gasteiger partial charge in [0, 0.05) is 18.0 Å². The molecule has 7 heteroatoms. The highest BCUT2D eigenvalue weighted by atomic mass is 16.5. The predicted octanol–water partition coefficient (Wildman–Crippen LogP) is 3.00. The summed E-state index contributed by atoms with van der Waals surface area (Å²) in [5.74, 6) is 1.99. The van der Waals surface area contributed by atoms with E-state index in [9.17, 15) is 0 Å². The van der Waals surface area contributed by atoms with Crippen molar-refractivity contribution >= 4 is 17.2 Å². The number of ether oxygens (including phenoxy) is 2. The SMILES string of the molecule is COc1cccc(Nc2ncnc(Oc3cccnc3)c2N)c1. The molecule has 0 atom stereocenters. The Labute approximate surface area is 133 Å². The van der Waals surface area contributed by atoms with Crippen LogP contribution in [0.5, 0.6) is 17.4 Å². The number of nitrogen functional groups attached to an aromatic ring is 1. The number of rotatable bonds is 5. The third-order valence-electron chi connectivity index (χ3n) is 3.03. The minimum absolute atomic E-state index is 0.262. The van der Waals surface area contributed by atoms with Crippen LogP contribution in [0.4, 0.5) is 17.2 Å². The molecule has 0 unspecified atom stereocenters. The maximum absolute atomic E-state index is 6.09. The predicted molar refractivity (Wildman–Crippen MR) is 87.0 cm³/mol. The molecule has 0 aliphatic carbocycles. The molecule has 0 bridgehead atoms. The van der Waals surface area contributed by atoms with Gasteiger partial charge >= 0.3 is 0 Å². The van der Waals surface area contributed by atoms with Gasteiger partial charge in [0.1, 0.15) is 23.5 Å². The summed E-state index contributed by atoms with van der Waals surface area (Å²) in [6, 6.07) is 11.0. The van der Waals surface area contributed by atoms with Crippen LogP contribution in [0.2, 0.25) is 0 Å². The van der Waals surface area contributed by atoms with E-state index >= 15 is 0 Å². The molecule has 0 saturated carbocycles. The number of aromatic nitrogens is 3. The van der Waals surface area contributed by atoms with Crippen molar-refractivity contribution in [2.75, 3.05) is 18.2 Å². The van der Waals surface area contributed by atoms with Crippen molar-refractivity contribution in [3.63, 3.8) is 0 Å². The van der Waals surface area contributed by atoms with Crippen LogP contribution in [0.25, 0.3) is 0 Å². The zero-order valence-electron chi connectivity index (χ0n) is 12.4. The standard InChI is InChI=1S/C16H15N5O2/c1-22-12-5-2-4-11(8-12)21-15-14(17)16(20-10-19-15)23-13-6-3-7-18-9-13/h2-10H,17H2,1H3,(H,19,20,21). The maximum atomic E-state index is 6.09. The Balaban J connectivity index is 1.84. The molecule has 0 aliphatic rings. The van der Waals surface area contributed by atoms with Crippen molar-refractivity contribution in [2.24, 2.45) is 0 Å². The normalized spacial score (nSPS) is 10.1. The molecule has 0 fully saturated rings. The molecule has 0 aliphatic heterocycles. The van der Waals surface area contributed by atoms with Gasteiger partial charge < -0.3 is 20.5 Å². The van der Waals surface area contributed by atoms with E-state index in [-0.39, 0.29) is 5.88 Å². The van der Waals surface area contributed by atoms with Crippen molar-refractivity contribution in [1.29, 1.82) is 0 Å². The molecule has 3 N–H and O–H groups in total. The van der Waals surface area contributed by atoms with Crippen LogP contribution in [0, 0.1) is 0 Å². The number of benzene rings is 1. The topological polar surface area (TPSA) is 95.2 Å². The molecule has 7 nitrogen and oxygen atoms in total. The van der Waals surface area contributed by atoms with E-state index in [1.807, 2.05) is 24.3 Å². The number of nitrogens with one attached hydrogen (secondary N) is 1. The summed E-state index contributed by atoms with van der Waals surface area (Å²) < 4.78 is 10.8. The highest BCUT2D eigenvalue weighted by Gasteiger charge is 2.11. The monoisotopic (exact) mass is 309 g/mol. The highest BCUT2D eigenvalue weighted by molar-refractivity contribution is 5.72. The van der Waals surface area contributed by atoms with E-state index in [2.05, 4.69) is 20.3 Å². The summed E-state index contributed by atoms with van der Waals surface area (Å²) in [5, 5.41) is 3.12. The lowest BCUT2D eigenvalue weighted by atomic mass is 10.3. The van der Waals surface area contributed by atoms with Gasteiger partial charge in [0.25, 0.3) is 0 Å². The van der Waals surface area contributed by atoms with Crippen molar-refractivity contribution in [1.82, 2.24) is 15.0 Å². The second kappa shape index (κ2) is 6.61. The van der Waals surface area contributed by atoms with Gasteiger partial charge in [-0.1, -0.05) is 6.07 Å². The second-order valence-corrected chi connectivity index (χ2v) is 4.59. The summed E-state index contributed by atoms with van der Waals surface area (Å²) in [7, 11) is 1.61. The fraction of sp³-hybridized carbons (Fsp3) is 0.0625. The van der Waals surface area contributed by atoms with Crippen molar-refractivity contribution in [3.8, 4) is 17.4 Å². The fourth-order valence-corrected chi connectivity index (χ4v) is 1.92. The van der Waals surface area contributed by atoms with Gasteiger partial charge in [0.05, 0.1) is 13.3 Å². The molecule has 0 saturated heterocycles. The molecule has 3 rings (SSSR count). The summed E-state index contributed by atoms with van der Waals surface area (Å²) in [6.45, 7) is 0.